The summed E-state index contributed by atoms with van der Waals surface area (Å²) >= 11 is 1.58. The van der Waals surface area contributed by atoms with Gasteiger partial charge in [0.05, 0.1) is 10.2 Å². The highest BCUT2D eigenvalue weighted by Gasteiger charge is 2.29. The Balaban J connectivity index is 0.00000242. The average molecular weight is 342 g/mol. The number of amides is 1. The minimum atomic E-state index is -0.413. The van der Waals surface area contributed by atoms with E-state index in [0.29, 0.717) is 6.54 Å². The lowest BCUT2D eigenvalue weighted by Gasteiger charge is -2.28. The maximum absolute atomic E-state index is 12.7. The van der Waals surface area contributed by atoms with Crippen LogP contribution in [0.4, 0.5) is 5.13 Å². The summed E-state index contributed by atoms with van der Waals surface area (Å²) in [4.78, 5) is 21.3. The van der Waals surface area contributed by atoms with E-state index in [4.69, 9.17) is 0 Å². The number of likely N-dealkylation sites (N-methyl/N-ethyl adjacent to an activating group) is 1. The summed E-state index contributed by atoms with van der Waals surface area (Å²) in [6.45, 7) is 7.32. The molecule has 0 aliphatic carbocycles. The molecule has 2 aromatic rings. The molecule has 122 valence electrons. The van der Waals surface area contributed by atoms with Gasteiger partial charge in [-0.05, 0) is 26.2 Å². The molecule has 0 N–H and O–H groups in total. The number of thiazole rings is 1. The Kier molecular flexibility index (Phi) is 6.35. The molecular weight excluding hydrogens is 318 g/mol. The van der Waals surface area contributed by atoms with E-state index >= 15 is 0 Å². The van der Waals surface area contributed by atoms with Crippen molar-refractivity contribution < 1.29 is 4.79 Å². The number of anilines is 1. The number of benzene rings is 1. The SMILES string of the molecule is CN(C)CCN(C(=O)C(C)(C)C)c1nc2ccccc2s1.Cl. The first-order valence-electron chi connectivity index (χ1n) is 7.11. The van der Waals surface area contributed by atoms with Crippen LogP contribution in [0.25, 0.3) is 10.2 Å². The number of hydrogen-bond donors (Lipinski definition) is 0. The number of carbonyl (C=O) groups is 1. The van der Waals surface area contributed by atoms with Crippen LogP contribution in [0.1, 0.15) is 20.8 Å². The molecule has 0 aliphatic rings. The van der Waals surface area contributed by atoms with Crippen molar-refractivity contribution in [1.82, 2.24) is 9.88 Å². The Morgan fingerprint density at radius 3 is 2.36 bits per heavy atom. The van der Waals surface area contributed by atoms with Crippen LogP contribution in [-0.2, 0) is 4.79 Å². The molecule has 1 aromatic carbocycles. The molecule has 1 heterocycles. The van der Waals surface area contributed by atoms with Gasteiger partial charge in [0.25, 0.3) is 0 Å². The fourth-order valence-electron chi connectivity index (χ4n) is 1.96. The minimum Gasteiger partial charge on any atom is -0.308 e. The summed E-state index contributed by atoms with van der Waals surface area (Å²) in [7, 11) is 4.02. The van der Waals surface area contributed by atoms with Crippen molar-refractivity contribution in [2.75, 3.05) is 32.1 Å². The second-order valence-electron chi connectivity index (χ2n) is 6.47. The summed E-state index contributed by atoms with van der Waals surface area (Å²) in [6, 6.07) is 8.00. The summed E-state index contributed by atoms with van der Waals surface area (Å²) < 4.78 is 1.11. The fourth-order valence-corrected chi connectivity index (χ4v) is 2.95. The molecule has 0 saturated carbocycles. The lowest BCUT2D eigenvalue weighted by molar-refractivity contribution is -0.125. The number of aromatic nitrogens is 1. The molecule has 6 heteroatoms. The Hall–Kier alpha value is -1.17. The quantitative estimate of drug-likeness (QED) is 0.851. The Morgan fingerprint density at radius 2 is 1.82 bits per heavy atom. The van der Waals surface area contributed by atoms with Crippen molar-refractivity contribution in [1.29, 1.82) is 0 Å². The molecule has 0 bridgehead atoms. The number of halogens is 1. The number of fused-ring (bicyclic) bond motifs is 1. The van der Waals surface area contributed by atoms with Crippen LogP contribution < -0.4 is 4.90 Å². The molecule has 0 atom stereocenters. The van der Waals surface area contributed by atoms with Gasteiger partial charge in [-0.15, -0.1) is 12.4 Å². The highest BCUT2D eigenvalue weighted by Crippen LogP contribution is 2.31. The molecule has 1 amide bonds. The van der Waals surface area contributed by atoms with E-state index in [1.54, 1.807) is 11.3 Å². The second kappa shape index (κ2) is 7.40. The minimum absolute atomic E-state index is 0. The van der Waals surface area contributed by atoms with Gasteiger partial charge in [0.2, 0.25) is 5.91 Å². The summed E-state index contributed by atoms with van der Waals surface area (Å²) in [5.74, 6) is 0.114. The standard InChI is InChI=1S/C16H23N3OS.ClH/c1-16(2,3)14(20)19(11-10-18(4)5)15-17-12-8-6-7-9-13(12)21-15;/h6-9H,10-11H2,1-5H3;1H. The van der Waals surface area contributed by atoms with Crippen LogP contribution in [0.3, 0.4) is 0 Å². The molecule has 22 heavy (non-hydrogen) atoms. The lowest BCUT2D eigenvalue weighted by atomic mass is 9.95. The van der Waals surface area contributed by atoms with Crippen LogP contribution in [0.15, 0.2) is 24.3 Å². The third-order valence-electron chi connectivity index (χ3n) is 3.17. The van der Waals surface area contributed by atoms with E-state index in [9.17, 15) is 4.79 Å². The lowest BCUT2D eigenvalue weighted by Crippen LogP contribution is -2.43. The van der Waals surface area contributed by atoms with Crippen molar-refractivity contribution in [3.63, 3.8) is 0 Å². The molecule has 1 aromatic heterocycles. The third-order valence-corrected chi connectivity index (χ3v) is 4.23. The van der Waals surface area contributed by atoms with Crippen LogP contribution in [0, 0.1) is 5.41 Å². The highest BCUT2D eigenvalue weighted by molar-refractivity contribution is 7.22. The number of rotatable bonds is 4. The van der Waals surface area contributed by atoms with E-state index in [2.05, 4.69) is 9.88 Å². The molecule has 0 aliphatic heterocycles. The summed E-state index contributed by atoms with van der Waals surface area (Å²) in [5, 5.41) is 0.790. The second-order valence-corrected chi connectivity index (χ2v) is 7.48. The highest BCUT2D eigenvalue weighted by atomic mass is 35.5. The fraction of sp³-hybridized carbons (Fsp3) is 0.500. The summed E-state index contributed by atoms with van der Waals surface area (Å²) in [6.07, 6.45) is 0. The molecular formula is C16H24ClN3OS. The van der Waals surface area contributed by atoms with Crippen molar-refractivity contribution in [2.45, 2.75) is 20.8 Å². The first-order valence-corrected chi connectivity index (χ1v) is 7.93. The van der Waals surface area contributed by atoms with E-state index in [0.717, 1.165) is 21.9 Å². The number of para-hydroxylation sites is 1. The summed E-state index contributed by atoms with van der Waals surface area (Å²) in [5.41, 5.74) is 0.540. The van der Waals surface area contributed by atoms with Crippen molar-refractivity contribution in [3.05, 3.63) is 24.3 Å². The monoisotopic (exact) mass is 341 g/mol. The maximum Gasteiger partial charge on any atom is 0.234 e. The van der Waals surface area contributed by atoms with E-state index in [1.165, 1.54) is 0 Å². The molecule has 0 unspecified atom stereocenters. The van der Waals surface area contributed by atoms with E-state index < -0.39 is 5.41 Å². The van der Waals surface area contributed by atoms with Gasteiger partial charge in [0.15, 0.2) is 5.13 Å². The Bertz CT molecular complexity index is 601. The first kappa shape index (κ1) is 18.9. The molecule has 2 rings (SSSR count). The van der Waals surface area contributed by atoms with Crippen molar-refractivity contribution >= 4 is 45.0 Å². The molecule has 4 nitrogen and oxygen atoms in total. The van der Waals surface area contributed by atoms with Gasteiger partial charge in [0.1, 0.15) is 0 Å². The zero-order valence-corrected chi connectivity index (χ0v) is 15.4. The first-order chi connectivity index (χ1) is 9.79. The van der Waals surface area contributed by atoms with E-state index in [-0.39, 0.29) is 18.3 Å². The molecule has 0 radical (unpaired) electrons. The number of carbonyl (C=O) groups excluding carboxylic acids is 1. The Labute approximate surface area is 142 Å². The zero-order valence-electron chi connectivity index (χ0n) is 13.8. The van der Waals surface area contributed by atoms with Crippen LogP contribution in [-0.4, -0.2) is 43.0 Å². The molecule has 0 spiro atoms. The molecule has 0 saturated heterocycles. The Morgan fingerprint density at radius 1 is 1.18 bits per heavy atom. The smallest absolute Gasteiger partial charge is 0.234 e. The van der Waals surface area contributed by atoms with Gasteiger partial charge in [-0.1, -0.05) is 44.2 Å². The van der Waals surface area contributed by atoms with Gasteiger partial charge in [-0.2, -0.15) is 0 Å². The maximum atomic E-state index is 12.7. The normalized spacial score (nSPS) is 11.5. The van der Waals surface area contributed by atoms with Gasteiger partial charge < -0.3 is 4.90 Å². The van der Waals surface area contributed by atoms with Crippen LogP contribution >= 0.6 is 23.7 Å². The van der Waals surface area contributed by atoms with E-state index in [1.807, 2.05) is 64.0 Å². The largest absolute Gasteiger partial charge is 0.308 e. The predicted molar refractivity (Wildman–Crippen MR) is 97.2 cm³/mol. The predicted octanol–water partition coefficient (Wildman–Crippen LogP) is 3.66. The third kappa shape index (κ3) is 4.41. The number of hydrogen-bond acceptors (Lipinski definition) is 4. The van der Waals surface area contributed by atoms with Crippen molar-refractivity contribution in [2.24, 2.45) is 5.41 Å². The zero-order chi connectivity index (χ0) is 15.6. The topological polar surface area (TPSA) is 36.4 Å². The van der Waals surface area contributed by atoms with Gasteiger partial charge in [-0.3, -0.25) is 9.69 Å². The van der Waals surface area contributed by atoms with Gasteiger partial charge in [-0.25, -0.2) is 4.98 Å². The van der Waals surface area contributed by atoms with Crippen molar-refractivity contribution in [3.8, 4) is 0 Å². The number of nitrogens with zero attached hydrogens (tertiary/aromatic N) is 3. The van der Waals surface area contributed by atoms with Crippen LogP contribution in [0.2, 0.25) is 0 Å². The molecule has 0 fully saturated rings. The van der Waals surface area contributed by atoms with Gasteiger partial charge in [0, 0.05) is 18.5 Å². The van der Waals surface area contributed by atoms with Gasteiger partial charge >= 0.3 is 0 Å². The van der Waals surface area contributed by atoms with Crippen LogP contribution in [0.5, 0.6) is 0 Å². The average Bonchev–Trinajstić information content (AvgIpc) is 2.80.